The second-order valence-corrected chi connectivity index (χ2v) is 3.91. The van der Waals surface area contributed by atoms with Gasteiger partial charge in [0.2, 0.25) is 0 Å². The molecule has 1 saturated heterocycles. The number of hydrogen-bond donors (Lipinski definition) is 2. The number of nitrogens with zero attached hydrogens (tertiary/aromatic N) is 3. The Labute approximate surface area is 99.2 Å². The van der Waals surface area contributed by atoms with E-state index in [1.165, 1.54) is 6.20 Å². The van der Waals surface area contributed by atoms with Crippen LogP contribution in [0, 0.1) is 0 Å². The summed E-state index contributed by atoms with van der Waals surface area (Å²) in [6, 6.07) is 0. The lowest BCUT2D eigenvalue weighted by Crippen LogP contribution is -2.37. The van der Waals surface area contributed by atoms with E-state index < -0.39 is 5.69 Å². The molecule has 1 aliphatic heterocycles. The molecule has 7 nitrogen and oxygen atoms in total. The third-order valence-corrected chi connectivity index (χ3v) is 2.63. The van der Waals surface area contributed by atoms with Crippen LogP contribution >= 0.6 is 0 Å². The molecule has 17 heavy (non-hydrogen) atoms. The van der Waals surface area contributed by atoms with Crippen molar-refractivity contribution in [1.29, 1.82) is 0 Å². The molecule has 2 N–H and O–H groups in total. The van der Waals surface area contributed by atoms with Gasteiger partial charge in [0.1, 0.15) is 0 Å². The normalized spacial score (nSPS) is 16.9. The van der Waals surface area contributed by atoms with E-state index in [4.69, 9.17) is 4.74 Å². The molecule has 1 aromatic heterocycles. The molecule has 0 bridgehead atoms. The molecule has 0 saturated carbocycles. The molecule has 0 aliphatic carbocycles. The molecule has 7 heteroatoms. The monoisotopic (exact) mass is 239 g/mol. The number of H-pyrrole nitrogens is 1. The average Bonchev–Trinajstić information content (AvgIpc) is 2.36. The van der Waals surface area contributed by atoms with Crippen molar-refractivity contribution in [3.05, 3.63) is 16.7 Å². The Hall–Kier alpha value is -1.47. The first-order chi connectivity index (χ1) is 8.34. The van der Waals surface area contributed by atoms with Gasteiger partial charge < -0.3 is 10.1 Å². The van der Waals surface area contributed by atoms with Crippen molar-refractivity contribution in [2.75, 3.05) is 44.7 Å². The largest absolute Gasteiger partial charge is 0.379 e. The molecule has 0 aromatic carbocycles. The smallest absolute Gasteiger partial charge is 0.363 e. The Morgan fingerprint density at radius 3 is 3.06 bits per heavy atom. The van der Waals surface area contributed by atoms with Crippen molar-refractivity contribution >= 4 is 5.82 Å². The molecule has 0 atom stereocenters. The van der Waals surface area contributed by atoms with E-state index in [0.29, 0.717) is 5.82 Å². The predicted molar refractivity (Wildman–Crippen MR) is 63.0 cm³/mol. The molecule has 0 spiro atoms. The summed E-state index contributed by atoms with van der Waals surface area (Å²) in [6.45, 7) is 5.48. The first kappa shape index (κ1) is 12.0. The highest BCUT2D eigenvalue weighted by Crippen LogP contribution is 1.99. The molecular formula is C10H17N5O2. The zero-order chi connectivity index (χ0) is 11.9. The summed E-state index contributed by atoms with van der Waals surface area (Å²) in [5, 5.41) is 8.97. The second kappa shape index (κ2) is 6.31. The Balaban J connectivity index is 1.64. The van der Waals surface area contributed by atoms with Crippen molar-refractivity contribution in [2.45, 2.75) is 6.42 Å². The van der Waals surface area contributed by atoms with Crippen LogP contribution < -0.4 is 11.0 Å². The fourth-order valence-corrected chi connectivity index (χ4v) is 1.74. The van der Waals surface area contributed by atoms with Gasteiger partial charge in [-0.15, -0.1) is 0 Å². The predicted octanol–water partition coefficient (Wildman–Crippen LogP) is -0.701. The lowest BCUT2D eigenvalue weighted by atomic mass is 10.3. The summed E-state index contributed by atoms with van der Waals surface area (Å²) < 4.78 is 5.27. The SMILES string of the molecule is O=c1nc(NCCCN2CCOCC2)cn[nH]1. The summed E-state index contributed by atoms with van der Waals surface area (Å²) >= 11 is 0. The van der Waals surface area contributed by atoms with E-state index in [-0.39, 0.29) is 0 Å². The van der Waals surface area contributed by atoms with E-state index in [2.05, 4.69) is 25.4 Å². The van der Waals surface area contributed by atoms with Crippen LogP contribution in [0.5, 0.6) is 0 Å². The van der Waals surface area contributed by atoms with Gasteiger partial charge in [-0.3, -0.25) is 4.90 Å². The highest BCUT2D eigenvalue weighted by molar-refractivity contribution is 5.28. The van der Waals surface area contributed by atoms with Crippen LogP contribution in [-0.4, -0.2) is 59.5 Å². The number of nitrogens with one attached hydrogen (secondary N) is 2. The molecule has 2 rings (SSSR count). The molecule has 0 amide bonds. The minimum Gasteiger partial charge on any atom is -0.379 e. The maximum atomic E-state index is 10.9. The number of rotatable bonds is 5. The van der Waals surface area contributed by atoms with Gasteiger partial charge in [-0.25, -0.2) is 9.89 Å². The van der Waals surface area contributed by atoms with E-state index in [9.17, 15) is 4.79 Å². The summed E-state index contributed by atoms with van der Waals surface area (Å²) in [7, 11) is 0. The second-order valence-electron chi connectivity index (χ2n) is 3.91. The summed E-state index contributed by atoms with van der Waals surface area (Å²) in [6.07, 6.45) is 2.52. The van der Waals surface area contributed by atoms with Gasteiger partial charge >= 0.3 is 5.69 Å². The van der Waals surface area contributed by atoms with Gasteiger partial charge in [-0.2, -0.15) is 10.1 Å². The summed E-state index contributed by atoms with van der Waals surface area (Å²) in [5.41, 5.74) is -0.428. The highest BCUT2D eigenvalue weighted by Gasteiger charge is 2.08. The lowest BCUT2D eigenvalue weighted by Gasteiger charge is -2.26. The fourth-order valence-electron chi connectivity index (χ4n) is 1.74. The van der Waals surface area contributed by atoms with Crippen molar-refractivity contribution in [3.8, 4) is 0 Å². The quantitative estimate of drug-likeness (QED) is 0.661. The van der Waals surface area contributed by atoms with Crippen molar-refractivity contribution in [1.82, 2.24) is 20.1 Å². The molecule has 1 aromatic rings. The number of aromatic amines is 1. The van der Waals surface area contributed by atoms with Gasteiger partial charge in [0, 0.05) is 19.6 Å². The number of morpholine rings is 1. The van der Waals surface area contributed by atoms with E-state index in [1.54, 1.807) is 0 Å². The van der Waals surface area contributed by atoms with Crippen LogP contribution in [0.2, 0.25) is 0 Å². The number of aromatic nitrogens is 3. The number of hydrogen-bond acceptors (Lipinski definition) is 6. The fraction of sp³-hybridized carbons (Fsp3) is 0.700. The van der Waals surface area contributed by atoms with Crippen LogP contribution in [-0.2, 0) is 4.74 Å². The van der Waals surface area contributed by atoms with Gasteiger partial charge in [-0.1, -0.05) is 0 Å². The molecule has 0 unspecified atom stereocenters. The molecule has 0 radical (unpaired) electrons. The van der Waals surface area contributed by atoms with Crippen LogP contribution in [0.1, 0.15) is 6.42 Å². The topological polar surface area (TPSA) is 83.1 Å². The molecule has 1 aliphatic rings. The lowest BCUT2D eigenvalue weighted by molar-refractivity contribution is 0.0378. The molecule has 94 valence electrons. The highest BCUT2D eigenvalue weighted by atomic mass is 16.5. The van der Waals surface area contributed by atoms with Crippen molar-refractivity contribution in [2.24, 2.45) is 0 Å². The molecule has 2 heterocycles. The van der Waals surface area contributed by atoms with E-state index in [1.807, 2.05) is 0 Å². The van der Waals surface area contributed by atoms with Gasteiger partial charge in [0.25, 0.3) is 0 Å². The van der Waals surface area contributed by atoms with Gasteiger partial charge in [0.05, 0.1) is 19.4 Å². The minimum absolute atomic E-state index is 0.428. The Kier molecular flexibility index (Phi) is 4.45. The maximum Gasteiger partial charge on any atom is 0.363 e. The number of ether oxygens (including phenoxy) is 1. The van der Waals surface area contributed by atoms with Crippen LogP contribution in [0.25, 0.3) is 0 Å². The third kappa shape index (κ3) is 4.12. The maximum absolute atomic E-state index is 10.9. The Morgan fingerprint density at radius 2 is 2.29 bits per heavy atom. The van der Waals surface area contributed by atoms with Crippen LogP contribution in [0.15, 0.2) is 11.0 Å². The van der Waals surface area contributed by atoms with E-state index >= 15 is 0 Å². The standard InChI is InChI=1S/C10H17N5O2/c16-10-13-9(8-12-14-10)11-2-1-3-15-4-6-17-7-5-15/h8H,1-7H2,(H2,11,13,14,16). The summed E-state index contributed by atoms with van der Waals surface area (Å²) in [4.78, 5) is 17.0. The molecular weight excluding hydrogens is 222 g/mol. The first-order valence-electron chi connectivity index (χ1n) is 5.80. The van der Waals surface area contributed by atoms with Crippen molar-refractivity contribution in [3.63, 3.8) is 0 Å². The Bertz CT molecular complexity index is 388. The van der Waals surface area contributed by atoms with Crippen LogP contribution in [0.4, 0.5) is 5.82 Å². The summed E-state index contributed by atoms with van der Waals surface area (Å²) in [5.74, 6) is 0.524. The molecule has 1 fully saturated rings. The zero-order valence-corrected chi connectivity index (χ0v) is 9.69. The third-order valence-electron chi connectivity index (χ3n) is 2.63. The minimum atomic E-state index is -0.428. The average molecular weight is 239 g/mol. The Morgan fingerprint density at radius 1 is 1.47 bits per heavy atom. The first-order valence-corrected chi connectivity index (χ1v) is 5.80. The zero-order valence-electron chi connectivity index (χ0n) is 9.69. The van der Waals surface area contributed by atoms with E-state index in [0.717, 1.165) is 45.8 Å². The van der Waals surface area contributed by atoms with Crippen molar-refractivity contribution < 1.29 is 4.74 Å². The van der Waals surface area contributed by atoms with Gasteiger partial charge in [0.15, 0.2) is 5.82 Å². The van der Waals surface area contributed by atoms with Crippen LogP contribution in [0.3, 0.4) is 0 Å². The van der Waals surface area contributed by atoms with Gasteiger partial charge in [-0.05, 0) is 13.0 Å². The number of anilines is 1.